The standard InChI is InChI=1S/C28H49N3O3/c1-7-15-27(5,9-3)17-18-29-26(34)31-20-12-14-23(31)25(33)22-13-11-19-30(22)24(32)21-28(6,10-4)16-8-2/h7,15,22-23H,8-14,16-21H2,1-6H3,(H,29,34)/b15-7-. The van der Waals surface area contributed by atoms with Gasteiger partial charge in [-0.15, -0.1) is 0 Å². The molecule has 2 rings (SSSR count). The molecule has 6 heteroatoms. The average molecular weight is 476 g/mol. The van der Waals surface area contributed by atoms with E-state index >= 15 is 0 Å². The van der Waals surface area contributed by atoms with Gasteiger partial charge in [-0.3, -0.25) is 9.59 Å². The first-order chi connectivity index (χ1) is 16.1. The van der Waals surface area contributed by atoms with Crippen LogP contribution in [0.15, 0.2) is 12.2 Å². The summed E-state index contributed by atoms with van der Waals surface area (Å²) in [5, 5.41) is 3.06. The van der Waals surface area contributed by atoms with E-state index in [0.29, 0.717) is 38.9 Å². The van der Waals surface area contributed by atoms with Crippen LogP contribution in [0.4, 0.5) is 4.79 Å². The van der Waals surface area contributed by atoms with Crippen LogP contribution in [0.3, 0.4) is 0 Å². The highest BCUT2D eigenvalue weighted by atomic mass is 16.2. The fourth-order valence-electron chi connectivity index (χ4n) is 5.69. The molecular weight excluding hydrogens is 426 g/mol. The molecule has 194 valence electrons. The molecule has 0 spiro atoms. The molecule has 3 amide bonds. The number of nitrogens with one attached hydrogen (secondary N) is 1. The number of rotatable bonds is 12. The van der Waals surface area contributed by atoms with Gasteiger partial charge in [0.25, 0.3) is 0 Å². The molecule has 2 aliphatic rings. The van der Waals surface area contributed by atoms with E-state index in [9.17, 15) is 14.4 Å². The molecule has 2 aliphatic heterocycles. The lowest BCUT2D eigenvalue weighted by molar-refractivity contribution is -0.140. The van der Waals surface area contributed by atoms with Crippen LogP contribution in [-0.4, -0.2) is 59.2 Å². The molecule has 0 aliphatic carbocycles. The van der Waals surface area contributed by atoms with Gasteiger partial charge in [0, 0.05) is 26.1 Å². The Morgan fingerprint density at radius 1 is 0.941 bits per heavy atom. The zero-order chi connectivity index (χ0) is 25.4. The molecule has 0 radical (unpaired) electrons. The Kier molecular flexibility index (Phi) is 10.6. The van der Waals surface area contributed by atoms with Crippen LogP contribution in [0.25, 0.3) is 0 Å². The molecule has 0 aromatic heterocycles. The number of carbonyl (C=O) groups is 3. The molecule has 4 unspecified atom stereocenters. The van der Waals surface area contributed by atoms with E-state index in [1.54, 1.807) is 4.90 Å². The smallest absolute Gasteiger partial charge is 0.318 e. The van der Waals surface area contributed by atoms with Crippen molar-refractivity contribution in [3.63, 3.8) is 0 Å². The van der Waals surface area contributed by atoms with E-state index in [2.05, 4.69) is 52.1 Å². The van der Waals surface area contributed by atoms with E-state index in [0.717, 1.165) is 44.9 Å². The molecule has 0 saturated carbocycles. The van der Waals surface area contributed by atoms with E-state index in [-0.39, 0.29) is 34.6 Å². The summed E-state index contributed by atoms with van der Waals surface area (Å²) in [5.74, 6) is 0.157. The first kappa shape index (κ1) is 28.4. The van der Waals surface area contributed by atoms with Crippen LogP contribution in [0.5, 0.6) is 0 Å². The van der Waals surface area contributed by atoms with Gasteiger partial charge in [0.2, 0.25) is 5.91 Å². The number of hydrogen-bond acceptors (Lipinski definition) is 3. The highest BCUT2D eigenvalue weighted by Crippen LogP contribution is 2.34. The number of amides is 3. The van der Waals surface area contributed by atoms with Crippen LogP contribution in [0, 0.1) is 10.8 Å². The fourth-order valence-corrected chi connectivity index (χ4v) is 5.69. The highest BCUT2D eigenvalue weighted by Gasteiger charge is 2.43. The predicted molar refractivity (Wildman–Crippen MR) is 139 cm³/mol. The summed E-state index contributed by atoms with van der Waals surface area (Å²) in [6.07, 6.45) is 12.8. The van der Waals surface area contributed by atoms with Crippen molar-refractivity contribution in [3.8, 4) is 0 Å². The first-order valence-electron chi connectivity index (χ1n) is 13.6. The van der Waals surface area contributed by atoms with Crippen LogP contribution in [0.1, 0.15) is 106 Å². The van der Waals surface area contributed by atoms with E-state index < -0.39 is 6.04 Å². The minimum Gasteiger partial charge on any atom is -0.338 e. The van der Waals surface area contributed by atoms with Gasteiger partial charge in [-0.25, -0.2) is 4.79 Å². The Hall–Kier alpha value is -1.85. The number of ketones is 1. The molecule has 0 aromatic rings. The Bertz CT molecular complexity index is 736. The molecular formula is C28H49N3O3. The minimum absolute atomic E-state index is 0.0126. The van der Waals surface area contributed by atoms with E-state index in [1.165, 1.54) is 0 Å². The van der Waals surface area contributed by atoms with Crippen LogP contribution in [-0.2, 0) is 9.59 Å². The van der Waals surface area contributed by atoms with Crippen molar-refractivity contribution in [1.82, 2.24) is 15.1 Å². The van der Waals surface area contributed by atoms with Gasteiger partial charge >= 0.3 is 6.03 Å². The summed E-state index contributed by atoms with van der Waals surface area (Å²) in [7, 11) is 0. The second-order valence-corrected chi connectivity index (χ2v) is 11.1. The van der Waals surface area contributed by atoms with Crippen molar-refractivity contribution >= 4 is 17.7 Å². The molecule has 0 bridgehead atoms. The number of carbonyl (C=O) groups excluding carboxylic acids is 3. The number of urea groups is 1. The van der Waals surface area contributed by atoms with Crippen molar-refractivity contribution in [2.24, 2.45) is 10.8 Å². The van der Waals surface area contributed by atoms with Crippen molar-refractivity contribution in [2.45, 2.75) is 118 Å². The maximum absolute atomic E-state index is 13.6. The Morgan fingerprint density at radius 2 is 1.56 bits per heavy atom. The Morgan fingerprint density at radius 3 is 2.12 bits per heavy atom. The third kappa shape index (κ3) is 7.08. The summed E-state index contributed by atoms with van der Waals surface area (Å²) < 4.78 is 0. The largest absolute Gasteiger partial charge is 0.338 e. The average Bonchev–Trinajstić information content (AvgIpc) is 3.49. The zero-order valence-corrected chi connectivity index (χ0v) is 22.6. The van der Waals surface area contributed by atoms with Gasteiger partial charge < -0.3 is 15.1 Å². The number of Topliss-reactive ketones (excluding diaryl/α,β-unsaturated/α-hetero) is 1. The van der Waals surface area contributed by atoms with Crippen molar-refractivity contribution in [3.05, 3.63) is 12.2 Å². The molecule has 1 N–H and O–H groups in total. The van der Waals surface area contributed by atoms with Crippen LogP contribution >= 0.6 is 0 Å². The Balaban J connectivity index is 2.00. The van der Waals surface area contributed by atoms with E-state index in [4.69, 9.17) is 0 Å². The van der Waals surface area contributed by atoms with Crippen molar-refractivity contribution in [1.29, 1.82) is 0 Å². The third-order valence-corrected chi connectivity index (χ3v) is 8.38. The fraction of sp³-hybridized carbons (Fsp3) is 0.821. The molecule has 2 saturated heterocycles. The molecule has 0 aromatic carbocycles. The lowest BCUT2D eigenvalue weighted by Gasteiger charge is -2.33. The number of nitrogens with zero attached hydrogens (tertiary/aromatic N) is 2. The summed E-state index contributed by atoms with van der Waals surface area (Å²) in [4.78, 5) is 43.3. The lowest BCUT2D eigenvalue weighted by atomic mass is 9.79. The molecule has 34 heavy (non-hydrogen) atoms. The first-order valence-corrected chi connectivity index (χ1v) is 13.6. The molecule has 2 heterocycles. The third-order valence-electron chi connectivity index (χ3n) is 8.38. The minimum atomic E-state index is -0.417. The van der Waals surface area contributed by atoms with Gasteiger partial charge in [0.1, 0.15) is 0 Å². The van der Waals surface area contributed by atoms with Gasteiger partial charge in [-0.05, 0) is 62.7 Å². The maximum Gasteiger partial charge on any atom is 0.318 e. The van der Waals surface area contributed by atoms with Gasteiger partial charge in [0.15, 0.2) is 5.78 Å². The number of allylic oxidation sites excluding steroid dienone is 2. The second kappa shape index (κ2) is 12.7. The van der Waals surface area contributed by atoms with Crippen molar-refractivity contribution < 1.29 is 14.4 Å². The monoisotopic (exact) mass is 475 g/mol. The quantitative estimate of drug-likeness (QED) is 0.368. The molecule has 2 fully saturated rings. The topological polar surface area (TPSA) is 69.7 Å². The SMILES string of the molecule is C/C=C\C(C)(CC)CCNC(=O)N1CCCC1C(=O)C1CCCN1C(=O)CC(C)(CC)CCC. The zero-order valence-electron chi connectivity index (χ0n) is 22.6. The summed E-state index contributed by atoms with van der Waals surface area (Å²) in [6.45, 7) is 14.7. The van der Waals surface area contributed by atoms with Gasteiger partial charge in [-0.1, -0.05) is 59.6 Å². The highest BCUT2D eigenvalue weighted by molar-refractivity contribution is 5.95. The summed E-state index contributed by atoms with van der Waals surface area (Å²) in [6, 6.07) is -0.946. The Labute approximate surface area is 207 Å². The van der Waals surface area contributed by atoms with Crippen LogP contribution in [0.2, 0.25) is 0 Å². The maximum atomic E-state index is 13.6. The molecule has 4 atom stereocenters. The predicted octanol–water partition coefficient (Wildman–Crippen LogP) is 5.71. The summed E-state index contributed by atoms with van der Waals surface area (Å²) >= 11 is 0. The normalized spacial score (nSPS) is 24.3. The molecule has 6 nitrogen and oxygen atoms in total. The lowest BCUT2D eigenvalue weighted by Crippen LogP contribution is -2.52. The summed E-state index contributed by atoms with van der Waals surface area (Å²) in [5.41, 5.74) is 0.0546. The number of hydrogen-bond donors (Lipinski definition) is 1. The van der Waals surface area contributed by atoms with Gasteiger partial charge in [0.05, 0.1) is 12.1 Å². The van der Waals surface area contributed by atoms with E-state index in [1.807, 2.05) is 11.8 Å². The van der Waals surface area contributed by atoms with Crippen LogP contribution < -0.4 is 5.32 Å². The van der Waals surface area contributed by atoms with Gasteiger partial charge in [-0.2, -0.15) is 0 Å². The van der Waals surface area contributed by atoms with Crippen molar-refractivity contribution in [2.75, 3.05) is 19.6 Å². The number of likely N-dealkylation sites (tertiary alicyclic amines) is 2. The second-order valence-electron chi connectivity index (χ2n) is 11.1.